The lowest BCUT2D eigenvalue weighted by Crippen LogP contribution is -2.52. The Morgan fingerprint density at radius 1 is 1.17 bits per heavy atom. The van der Waals surface area contributed by atoms with Crippen LogP contribution in [0.2, 0.25) is 5.02 Å². The van der Waals surface area contributed by atoms with E-state index in [-0.39, 0.29) is 43.7 Å². The van der Waals surface area contributed by atoms with Gasteiger partial charge in [0.2, 0.25) is 11.8 Å². The first-order valence-electron chi connectivity index (χ1n) is 9.37. The molecular weight excluding hydrogens is 410 g/mol. The average Bonchev–Trinajstić information content (AvgIpc) is 3.05. The van der Waals surface area contributed by atoms with E-state index >= 15 is 0 Å². The lowest BCUT2D eigenvalue weighted by molar-refractivity contribution is -0.137. The molecule has 4 rings (SSSR count). The second-order valence-electron chi connectivity index (χ2n) is 7.02. The van der Waals surface area contributed by atoms with Gasteiger partial charge in [0.1, 0.15) is 11.8 Å². The van der Waals surface area contributed by atoms with Gasteiger partial charge in [0.05, 0.1) is 0 Å². The number of nitrogens with one attached hydrogen (secondary N) is 2. The van der Waals surface area contributed by atoms with E-state index in [4.69, 9.17) is 16.3 Å². The molecule has 2 N–H and O–H groups in total. The minimum atomic E-state index is -0.709. The van der Waals surface area contributed by atoms with E-state index in [1.807, 2.05) is 0 Å². The van der Waals surface area contributed by atoms with Gasteiger partial charge in [-0.1, -0.05) is 17.7 Å². The smallest absolute Gasteiger partial charge is 0.262 e. The van der Waals surface area contributed by atoms with Crippen molar-refractivity contribution in [1.29, 1.82) is 0 Å². The average molecular weight is 428 g/mol. The normalized spacial score (nSPS) is 18.1. The summed E-state index contributed by atoms with van der Waals surface area (Å²) >= 11 is 5.82. The molecule has 30 heavy (non-hydrogen) atoms. The molecule has 1 saturated heterocycles. The second kappa shape index (κ2) is 8.16. The van der Waals surface area contributed by atoms with Gasteiger partial charge in [0.15, 0.2) is 6.61 Å². The summed E-state index contributed by atoms with van der Waals surface area (Å²) < 4.78 is 5.44. The molecule has 0 spiro atoms. The van der Waals surface area contributed by atoms with E-state index < -0.39 is 11.9 Å². The zero-order valence-corrected chi connectivity index (χ0v) is 16.6. The number of anilines is 1. The Labute approximate surface area is 177 Å². The van der Waals surface area contributed by atoms with Crippen LogP contribution in [0, 0.1) is 0 Å². The van der Waals surface area contributed by atoms with Crippen LogP contribution < -0.4 is 15.4 Å². The maximum atomic E-state index is 12.8. The van der Waals surface area contributed by atoms with Crippen molar-refractivity contribution < 1.29 is 23.9 Å². The predicted molar refractivity (Wildman–Crippen MR) is 108 cm³/mol. The number of benzene rings is 2. The van der Waals surface area contributed by atoms with Crippen LogP contribution in [0.4, 0.5) is 5.69 Å². The van der Waals surface area contributed by atoms with E-state index in [1.54, 1.807) is 42.5 Å². The predicted octanol–water partition coefficient (Wildman–Crippen LogP) is 2.12. The molecule has 1 unspecified atom stereocenters. The molecule has 0 saturated carbocycles. The molecule has 2 aliphatic rings. The van der Waals surface area contributed by atoms with Gasteiger partial charge >= 0.3 is 0 Å². The Morgan fingerprint density at radius 2 is 1.93 bits per heavy atom. The third kappa shape index (κ3) is 3.99. The highest BCUT2D eigenvalue weighted by atomic mass is 35.5. The van der Waals surface area contributed by atoms with Crippen LogP contribution in [0.25, 0.3) is 0 Å². The summed E-state index contributed by atoms with van der Waals surface area (Å²) in [6.45, 7) is -0.0367. The van der Waals surface area contributed by atoms with Gasteiger partial charge in [-0.2, -0.15) is 0 Å². The Balaban J connectivity index is 1.44. The molecule has 4 amide bonds. The number of carbonyl (C=O) groups excluding carboxylic acids is 4. The van der Waals surface area contributed by atoms with Gasteiger partial charge in [-0.25, -0.2) is 0 Å². The number of piperidine rings is 1. The molecule has 154 valence electrons. The van der Waals surface area contributed by atoms with Crippen molar-refractivity contribution in [1.82, 2.24) is 10.2 Å². The molecule has 0 radical (unpaired) electrons. The topological polar surface area (TPSA) is 105 Å². The van der Waals surface area contributed by atoms with Crippen LogP contribution in [0.5, 0.6) is 5.75 Å². The first-order valence-corrected chi connectivity index (χ1v) is 9.75. The van der Waals surface area contributed by atoms with Crippen molar-refractivity contribution in [2.45, 2.75) is 25.4 Å². The largest absolute Gasteiger partial charge is 0.484 e. The quantitative estimate of drug-likeness (QED) is 0.711. The van der Waals surface area contributed by atoms with Gasteiger partial charge in [-0.15, -0.1) is 0 Å². The molecule has 1 atom stereocenters. The van der Waals surface area contributed by atoms with Crippen molar-refractivity contribution in [3.63, 3.8) is 0 Å². The number of rotatable bonds is 5. The van der Waals surface area contributed by atoms with Crippen molar-refractivity contribution in [3.05, 3.63) is 58.6 Å². The number of halogens is 1. The maximum Gasteiger partial charge on any atom is 0.262 e. The summed E-state index contributed by atoms with van der Waals surface area (Å²) in [4.78, 5) is 50.2. The molecule has 8 nitrogen and oxygen atoms in total. The number of fused-ring (bicyclic) bond motifs is 1. The summed E-state index contributed by atoms with van der Waals surface area (Å²) in [5, 5.41) is 5.60. The van der Waals surface area contributed by atoms with E-state index in [2.05, 4.69) is 10.6 Å². The van der Waals surface area contributed by atoms with Crippen molar-refractivity contribution in [2.24, 2.45) is 0 Å². The van der Waals surface area contributed by atoms with Gasteiger partial charge in [-0.3, -0.25) is 24.5 Å². The molecule has 2 aromatic carbocycles. The van der Waals surface area contributed by atoms with Crippen LogP contribution in [-0.4, -0.2) is 41.2 Å². The Morgan fingerprint density at radius 3 is 2.67 bits per heavy atom. The number of carbonyl (C=O) groups is 4. The van der Waals surface area contributed by atoms with E-state index in [0.717, 1.165) is 0 Å². The summed E-state index contributed by atoms with van der Waals surface area (Å²) in [5.41, 5.74) is 1.54. The van der Waals surface area contributed by atoms with Crippen LogP contribution in [0.3, 0.4) is 0 Å². The van der Waals surface area contributed by atoms with E-state index in [0.29, 0.717) is 27.6 Å². The summed E-state index contributed by atoms with van der Waals surface area (Å²) in [6, 6.07) is 10.9. The first-order chi connectivity index (χ1) is 14.4. The molecule has 9 heteroatoms. The number of ether oxygens (including phenoxy) is 1. The first kappa shape index (κ1) is 19.9. The maximum absolute atomic E-state index is 12.8. The van der Waals surface area contributed by atoms with Crippen molar-refractivity contribution in [2.75, 3.05) is 11.9 Å². The van der Waals surface area contributed by atoms with Crippen LogP contribution in [0.1, 0.15) is 28.8 Å². The minimum Gasteiger partial charge on any atom is -0.484 e. The molecule has 2 aliphatic heterocycles. The standard InChI is InChI=1S/C21H18ClN3O5/c22-12-4-6-13(7-5-12)30-11-19(27)23-16-3-1-2-14-15(16)10-25(21(14)29)17-8-9-18(26)24-20(17)28/h1-7,17H,8-11H2,(H,23,27)(H,24,26,28). The fourth-order valence-corrected chi connectivity index (χ4v) is 3.69. The highest BCUT2D eigenvalue weighted by molar-refractivity contribution is 6.30. The number of amides is 4. The highest BCUT2D eigenvalue weighted by Gasteiger charge is 2.39. The number of imide groups is 1. The van der Waals surface area contributed by atoms with Gasteiger partial charge in [0.25, 0.3) is 11.8 Å². The SMILES string of the molecule is O=C1CCC(N2Cc3c(NC(=O)COc4ccc(Cl)cc4)cccc3C2=O)C(=O)N1. The van der Waals surface area contributed by atoms with E-state index in [9.17, 15) is 19.2 Å². The molecule has 0 aromatic heterocycles. The molecular formula is C21H18ClN3O5. The third-order valence-corrected chi connectivity index (χ3v) is 5.29. The lowest BCUT2D eigenvalue weighted by atomic mass is 10.0. The van der Waals surface area contributed by atoms with Crippen molar-refractivity contribution >= 4 is 40.9 Å². The molecule has 0 aliphatic carbocycles. The fraction of sp³-hybridized carbons (Fsp3) is 0.238. The number of hydrogen-bond acceptors (Lipinski definition) is 5. The van der Waals surface area contributed by atoms with Crippen LogP contribution in [0.15, 0.2) is 42.5 Å². The Hall–Kier alpha value is -3.39. The fourth-order valence-electron chi connectivity index (χ4n) is 3.57. The van der Waals surface area contributed by atoms with Gasteiger partial charge < -0.3 is 15.0 Å². The Kier molecular flexibility index (Phi) is 5.41. The van der Waals surface area contributed by atoms with Gasteiger partial charge in [-0.05, 0) is 42.8 Å². The monoisotopic (exact) mass is 427 g/mol. The zero-order valence-electron chi connectivity index (χ0n) is 15.8. The minimum absolute atomic E-state index is 0.176. The number of hydrogen-bond donors (Lipinski definition) is 2. The van der Waals surface area contributed by atoms with Crippen LogP contribution >= 0.6 is 11.6 Å². The zero-order chi connectivity index (χ0) is 21.3. The van der Waals surface area contributed by atoms with E-state index in [1.165, 1.54) is 4.90 Å². The highest BCUT2D eigenvalue weighted by Crippen LogP contribution is 2.32. The summed E-state index contributed by atoms with van der Waals surface area (Å²) in [5.74, 6) is -0.992. The Bertz CT molecular complexity index is 1040. The second-order valence-corrected chi connectivity index (χ2v) is 7.46. The molecule has 2 aromatic rings. The molecule has 0 bridgehead atoms. The lowest BCUT2D eigenvalue weighted by Gasteiger charge is -2.29. The summed E-state index contributed by atoms with van der Waals surface area (Å²) in [6.07, 6.45) is 0.461. The van der Waals surface area contributed by atoms with Crippen LogP contribution in [-0.2, 0) is 20.9 Å². The molecule has 2 heterocycles. The number of nitrogens with zero attached hydrogens (tertiary/aromatic N) is 1. The van der Waals surface area contributed by atoms with Crippen molar-refractivity contribution in [3.8, 4) is 5.75 Å². The molecule has 1 fully saturated rings. The summed E-state index contributed by atoms with van der Waals surface area (Å²) in [7, 11) is 0. The third-order valence-electron chi connectivity index (χ3n) is 5.04. The van der Waals surface area contributed by atoms with Gasteiger partial charge in [0, 0.05) is 34.8 Å².